The second-order valence-electron chi connectivity index (χ2n) is 4.00. The van der Waals surface area contributed by atoms with Crippen LogP contribution in [-0.2, 0) is 0 Å². The summed E-state index contributed by atoms with van der Waals surface area (Å²) >= 11 is 1.74. The Hall–Kier alpha value is -1.31. The summed E-state index contributed by atoms with van der Waals surface area (Å²) in [5.41, 5.74) is 5.65. The number of nitrogens with one attached hydrogen (secondary N) is 1. The Morgan fingerprint density at radius 2 is 2.38 bits per heavy atom. The molecule has 2 heterocycles. The first-order chi connectivity index (χ1) is 7.72. The van der Waals surface area contributed by atoms with E-state index in [1.165, 1.54) is 16.0 Å². The smallest absolute Gasteiger partial charge is 0.143 e. The van der Waals surface area contributed by atoms with Gasteiger partial charge in [0.15, 0.2) is 0 Å². The van der Waals surface area contributed by atoms with E-state index in [9.17, 15) is 0 Å². The van der Waals surface area contributed by atoms with Crippen molar-refractivity contribution >= 4 is 23.2 Å². The minimum absolute atomic E-state index is 0.351. The first-order valence-corrected chi connectivity index (χ1v) is 6.44. The second kappa shape index (κ2) is 4.69. The van der Waals surface area contributed by atoms with Crippen molar-refractivity contribution in [3.05, 3.63) is 33.3 Å². The Labute approximate surface area is 100 Å². The molecular weight excluding hydrogens is 216 g/mol. The highest BCUT2D eigenvalue weighted by molar-refractivity contribution is 7.12. The summed E-state index contributed by atoms with van der Waals surface area (Å²) in [6.45, 7) is 6.41. The summed E-state index contributed by atoms with van der Waals surface area (Å²) in [7, 11) is 0. The standard InChI is InChI=1S/C13H16N2S/c1-4-10(3)15-13-12-11(6-5-7-14-13)9(2)8-16-12/h6-8,10H,4H2,1-3H3,(H,14,15)/t10-/m0/s1. The third-order valence-corrected chi connectivity index (χ3v) is 3.82. The van der Waals surface area contributed by atoms with Gasteiger partial charge >= 0.3 is 0 Å². The Kier molecular flexibility index (Phi) is 3.28. The van der Waals surface area contributed by atoms with E-state index in [0.29, 0.717) is 6.04 Å². The van der Waals surface area contributed by atoms with Gasteiger partial charge < -0.3 is 5.32 Å². The molecule has 1 N–H and O–H groups in total. The fourth-order valence-electron chi connectivity index (χ4n) is 1.52. The number of aliphatic imine (C=N–C) groups is 1. The quantitative estimate of drug-likeness (QED) is 0.777. The monoisotopic (exact) mass is 232 g/mol. The van der Waals surface area contributed by atoms with Crippen LogP contribution in [0.25, 0.3) is 6.08 Å². The van der Waals surface area contributed by atoms with Crippen LogP contribution in [0.1, 0.15) is 36.3 Å². The molecule has 0 unspecified atom stereocenters. The van der Waals surface area contributed by atoms with Crippen molar-refractivity contribution in [2.24, 2.45) is 4.99 Å². The molecule has 0 fully saturated rings. The van der Waals surface area contributed by atoms with Crippen molar-refractivity contribution in [1.82, 2.24) is 5.32 Å². The predicted octanol–water partition coefficient (Wildman–Crippen LogP) is 3.33. The van der Waals surface area contributed by atoms with Crippen LogP contribution in [-0.4, -0.2) is 11.9 Å². The summed E-state index contributed by atoms with van der Waals surface area (Å²) in [5.74, 6) is 0.976. The molecule has 1 aromatic heterocycles. The normalized spacial score (nSPS) is 18.1. The van der Waals surface area contributed by atoms with Crippen LogP contribution in [0.4, 0.5) is 0 Å². The molecule has 0 saturated carbocycles. The number of fused-ring (bicyclic) bond motifs is 1. The number of amidine groups is 1. The zero-order valence-electron chi connectivity index (χ0n) is 9.87. The molecule has 0 radical (unpaired) electrons. The van der Waals surface area contributed by atoms with Crippen molar-refractivity contribution in [3.63, 3.8) is 0 Å². The highest BCUT2D eigenvalue weighted by atomic mass is 32.1. The van der Waals surface area contributed by atoms with E-state index in [1.54, 1.807) is 11.3 Å². The molecule has 1 aliphatic rings. The maximum Gasteiger partial charge on any atom is 0.143 e. The summed E-state index contributed by atoms with van der Waals surface area (Å²) in [4.78, 5) is 5.92. The van der Waals surface area contributed by atoms with Crippen molar-refractivity contribution in [2.45, 2.75) is 33.2 Å². The molecule has 0 aromatic carbocycles. The summed E-state index contributed by atoms with van der Waals surface area (Å²) in [6, 6.07) is 0.351. The zero-order chi connectivity index (χ0) is 11.5. The van der Waals surface area contributed by atoms with Crippen LogP contribution in [0.15, 0.2) is 22.3 Å². The van der Waals surface area contributed by atoms with E-state index < -0.39 is 0 Å². The zero-order valence-corrected chi connectivity index (χ0v) is 10.7. The van der Waals surface area contributed by atoms with Crippen molar-refractivity contribution in [2.75, 3.05) is 0 Å². The van der Waals surface area contributed by atoms with Crippen LogP contribution in [0.3, 0.4) is 0 Å². The average Bonchev–Trinajstić information content (AvgIpc) is 2.53. The molecule has 0 spiro atoms. The lowest BCUT2D eigenvalue weighted by Crippen LogP contribution is -2.19. The molecule has 0 aliphatic carbocycles. The molecule has 1 aromatic rings. The van der Waals surface area contributed by atoms with Gasteiger partial charge in [-0.2, -0.15) is 0 Å². The number of hydrogen-bond donors (Lipinski definition) is 1. The Morgan fingerprint density at radius 3 is 3.12 bits per heavy atom. The molecule has 3 heteroatoms. The highest BCUT2D eigenvalue weighted by Gasteiger charge is 2.14. The third kappa shape index (κ3) is 2.11. The van der Waals surface area contributed by atoms with Crippen LogP contribution in [0.2, 0.25) is 0 Å². The van der Waals surface area contributed by atoms with Crippen molar-refractivity contribution < 1.29 is 0 Å². The molecule has 84 valence electrons. The van der Waals surface area contributed by atoms with Gasteiger partial charge in [-0.3, -0.25) is 4.99 Å². The van der Waals surface area contributed by atoms with Gasteiger partial charge in [-0.05, 0) is 37.3 Å². The van der Waals surface area contributed by atoms with E-state index >= 15 is 0 Å². The van der Waals surface area contributed by atoms with Crippen LogP contribution in [0, 0.1) is 6.92 Å². The van der Waals surface area contributed by atoms with E-state index in [0.717, 1.165) is 12.3 Å². The fourth-order valence-corrected chi connectivity index (χ4v) is 2.52. The molecule has 0 amide bonds. The lowest BCUT2D eigenvalue weighted by atomic mass is 10.1. The topological polar surface area (TPSA) is 24.4 Å². The minimum Gasteiger partial charge on any atom is -0.339 e. The first-order valence-electron chi connectivity index (χ1n) is 5.56. The number of nitrogens with zero attached hydrogens (tertiary/aromatic N) is 1. The van der Waals surface area contributed by atoms with Crippen LogP contribution in [0.5, 0.6) is 0 Å². The number of thiophene rings is 1. The minimum atomic E-state index is 0.351. The second-order valence-corrected chi connectivity index (χ2v) is 4.88. The number of hydrogen-bond acceptors (Lipinski definition) is 2. The van der Waals surface area contributed by atoms with Gasteiger partial charge in [0.2, 0.25) is 0 Å². The van der Waals surface area contributed by atoms with Gasteiger partial charge in [0.25, 0.3) is 0 Å². The van der Waals surface area contributed by atoms with E-state index in [4.69, 9.17) is 4.99 Å². The Balaban J connectivity index is 2.46. The average molecular weight is 232 g/mol. The summed E-state index contributed by atoms with van der Waals surface area (Å²) in [6.07, 6.45) is 4.91. The SMILES string of the molecule is CC[C@H](C)N=C1NC=C=Cc2c(C)csc21. The lowest BCUT2D eigenvalue weighted by molar-refractivity contribution is 0.714. The van der Waals surface area contributed by atoms with Gasteiger partial charge in [0, 0.05) is 17.8 Å². The predicted molar refractivity (Wildman–Crippen MR) is 71.0 cm³/mol. The molecule has 0 saturated heterocycles. The highest BCUT2D eigenvalue weighted by Crippen LogP contribution is 2.24. The van der Waals surface area contributed by atoms with Crippen LogP contribution < -0.4 is 5.32 Å². The fraction of sp³-hybridized carbons (Fsp3) is 0.385. The van der Waals surface area contributed by atoms with E-state index in [2.05, 4.69) is 37.2 Å². The van der Waals surface area contributed by atoms with Gasteiger partial charge in [0.05, 0.1) is 4.88 Å². The third-order valence-electron chi connectivity index (χ3n) is 2.70. The van der Waals surface area contributed by atoms with E-state index in [1.807, 2.05) is 12.3 Å². The van der Waals surface area contributed by atoms with Crippen molar-refractivity contribution in [3.8, 4) is 0 Å². The van der Waals surface area contributed by atoms with Crippen molar-refractivity contribution in [1.29, 1.82) is 0 Å². The molecule has 2 rings (SSSR count). The van der Waals surface area contributed by atoms with Gasteiger partial charge in [-0.1, -0.05) is 6.92 Å². The maximum atomic E-state index is 4.69. The van der Waals surface area contributed by atoms with E-state index in [-0.39, 0.29) is 0 Å². The van der Waals surface area contributed by atoms with Crippen LogP contribution >= 0.6 is 11.3 Å². The summed E-state index contributed by atoms with van der Waals surface area (Å²) < 4.78 is 0. The molecule has 1 aliphatic heterocycles. The summed E-state index contributed by atoms with van der Waals surface area (Å²) in [5, 5.41) is 5.38. The Morgan fingerprint density at radius 1 is 1.56 bits per heavy atom. The number of aryl methyl sites for hydroxylation is 1. The molecule has 1 atom stereocenters. The van der Waals surface area contributed by atoms with Gasteiger partial charge in [-0.25, -0.2) is 0 Å². The molecular formula is C13H16N2S. The van der Waals surface area contributed by atoms with Gasteiger partial charge in [-0.15, -0.1) is 17.1 Å². The lowest BCUT2D eigenvalue weighted by Gasteiger charge is -2.08. The maximum absolute atomic E-state index is 4.69. The molecule has 16 heavy (non-hydrogen) atoms. The largest absolute Gasteiger partial charge is 0.339 e. The Bertz CT molecular complexity index is 476. The molecule has 2 nitrogen and oxygen atoms in total. The number of rotatable bonds is 2. The van der Waals surface area contributed by atoms with Gasteiger partial charge in [0.1, 0.15) is 5.84 Å². The first kappa shape index (κ1) is 11.2. The molecule has 0 bridgehead atoms.